The van der Waals surface area contributed by atoms with Gasteiger partial charge in [0.05, 0.1) is 16.7 Å². The molecule has 2 saturated heterocycles. The van der Waals surface area contributed by atoms with Crippen molar-refractivity contribution in [3.05, 3.63) is 40.9 Å². The molecule has 0 radical (unpaired) electrons. The van der Waals surface area contributed by atoms with E-state index >= 15 is 0 Å². The summed E-state index contributed by atoms with van der Waals surface area (Å²) in [4.78, 5) is 29.5. The van der Waals surface area contributed by atoms with Gasteiger partial charge in [0.15, 0.2) is 0 Å². The Kier molecular flexibility index (Phi) is 5.12. The Labute approximate surface area is 184 Å². The summed E-state index contributed by atoms with van der Waals surface area (Å²) in [7, 11) is -3.51. The van der Waals surface area contributed by atoms with E-state index in [-0.39, 0.29) is 35.5 Å². The lowest BCUT2D eigenvalue weighted by Gasteiger charge is -2.34. The summed E-state index contributed by atoms with van der Waals surface area (Å²) in [5.74, 6) is 0.125. The molecule has 1 aromatic carbocycles. The molecular formula is C21H24BrN3O4S. The van der Waals surface area contributed by atoms with Crippen LogP contribution in [-0.2, 0) is 19.6 Å². The van der Waals surface area contributed by atoms with Crippen molar-refractivity contribution in [3.63, 3.8) is 0 Å². The zero-order valence-corrected chi connectivity index (χ0v) is 18.9. The van der Waals surface area contributed by atoms with Gasteiger partial charge in [0.2, 0.25) is 21.8 Å². The standard InChI is InChI=1S/C21H24BrN3O4S/c22-16-3-5-17(6-4-16)30(28,29)24-10-7-23(8-11-24)9-12-25-20(26)18-14-1-2-15(13-14)19(18)21(25)27/h1-6,14-15,18-19H,7-13H2/t14-,15+,18-,19+. The number of halogens is 1. The molecule has 0 spiro atoms. The topological polar surface area (TPSA) is 78.0 Å². The largest absolute Gasteiger partial charge is 0.299 e. The van der Waals surface area contributed by atoms with Crippen LogP contribution in [0.25, 0.3) is 0 Å². The number of piperazine rings is 1. The van der Waals surface area contributed by atoms with Crippen LogP contribution in [0.15, 0.2) is 45.8 Å². The Morgan fingerprint density at radius 1 is 0.867 bits per heavy atom. The first-order valence-corrected chi connectivity index (χ1v) is 12.6. The first-order chi connectivity index (χ1) is 14.4. The summed E-state index contributed by atoms with van der Waals surface area (Å²) >= 11 is 3.32. The van der Waals surface area contributed by atoms with E-state index in [0.29, 0.717) is 44.2 Å². The number of rotatable bonds is 5. The second-order valence-electron chi connectivity index (χ2n) is 8.53. The number of nitrogens with zero attached hydrogens (tertiary/aromatic N) is 3. The highest BCUT2D eigenvalue weighted by atomic mass is 79.9. The number of allylic oxidation sites excluding steroid dienone is 2. The highest BCUT2D eigenvalue weighted by molar-refractivity contribution is 9.10. The van der Waals surface area contributed by atoms with Gasteiger partial charge in [0.1, 0.15) is 0 Å². The fourth-order valence-corrected chi connectivity index (χ4v) is 7.06. The summed E-state index contributed by atoms with van der Waals surface area (Å²) in [5, 5.41) is 0. The quantitative estimate of drug-likeness (QED) is 0.459. The van der Waals surface area contributed by atoms with Gasteiger partial charge in [-0.1, -0.05) is 28.1 Å². The van der Waals surface area contributed by atoms with E-state index in [1.54, 1.807) is 24.3 Å². The average molecular weight is 494 g/mol. The Bertz CT molecular complexity index is 972. The molecule has 1 aromatic rings. The van der Waals surface area contributed by atoms with Crippen LogP contribution in [0.3, 0.4) is 0 Å². The van der Waals surface area contributed by atoms with E-state index in [9.17, 15) is 18.0 Å². The van der Waals surface area contributed by atoms with Gasteiger partial charge < -0.3 is 0 Å². The molecule has 7 nitrogen and oxygen atoms in total. The van der Waals surface area contributed by atoms with Crippen molar-refractivity contribution in [1.82, 2.24) is 14.1 Å². The van der Waals surface area contributed by atoms with Gasteiger partial charge >= 0.3 is 0 Å². The molecule has 4 atom stereocenters. The third kappa shape index (κ3) is 3.26. The fraction of sp³-hybridized carbons (Fsp3) is 0.524. The molecule has 0 unspecified atom stereocenters. The number of amides is 2. The Morgan fingerprint density at radius 2 is 1.43 bits per heavy atom. The highest BCUT2D eigenvalue weighted by Crippen LogP contribution is 2.52. The normalized spacial score (nSPS) is 31.7. The molecular weight excluding hydrogens is 470 g/mol. The zero-order chi connectivity index (χ0) is 21.0. The Morgan fingerprint density at radius 3 is 2.00 bits per heavy atom. The van der Waals surface area contributed by atoms with Gasteiger partial charge in [0.25, 0.3) is 0 Å². The molecule has 160 valence electrons. The monoisotopic (exact) mass is 493 g/mol. The molecule has 5 rings (SSSR count). The second kappa shape index (κ2) is 7.55. The zero-order valence-electron chi connectivity index (χ0n) is 16.5. The average Bonchev–Trinajstić information content (AvgIpc) is 3.42. The number of benzene rings is 1. The number of sulfonamides is 1. The minimum Gasteiger partial charge on any atom is -0.299 e. The van der Waals surface area contributed by atoms with E-state index in [1.165, 1.54) is 9.21 Å². The van der Waals surface area contributed by atoms with Crippen LogP contribution in [0.2, 0.25) is 0 Å². The molecule has 2 heterocycles. The summed E-state index contributed by atoms with van der Waals surface area (Å²) in [6.07, 6.45) is 5.15. The number of carbonyl (C=O) groups excluding carboxylic acids is 2. The number of hydrogen-bond acceptors (Lipinski definition) is 5. The molecule has 0 N–H and O–H groups in total. The van der Waals surface area contributed by atoms with E-state index in [2.05, 4.69) is 33.0 Å². The fourth-order valence-electron chi connectivity index (χ4n) is 5.38. The van der Waals surface area contributed by atoms with Gasteiger partial charge in [-0.05, 0) is 42.5 Å². The maximum absolute atomic E-state index is 12.8. The second-order valence-corrected chi connectivity index (χ2v) is 11.4. The molecule has 3 fully saturated rings. The van der Waals surface area contributed by atoms with Crippen LogP contribution in [0, 0.1) is 23.7 Å². The molecule has 2 aliphatic carbocycles. The van der Waals surface area contributed by atoms with Crippen molar-refractivity contribution in [3.8, 4) is 0 Å². The molecule has 2 aliphatic heterocycles. The molecule has 1 saturated carbocycles. The highest BCUT2D eigenvalue weighted by Gasteiger charge is 2.59. The maximum Gasteiger partial charge on any atom is 0.243 e. The Hall–Kier alpha value is -1.55. The van der Waals surface area contributed by atoms with Gasteiger partial charge in [0, 0.05) is 43.7 Å². The first kappa shape index (κ1) is 20.4. The van der Waals surface area contributed by atoms with Crippen molar-refractivity contribution >= 4 is 37.8 Å². The van der Waals surface area contributed by atoms with Crippen LogP contribution in [-0.4, -0.2) is 73.6 Å². The lowest BCUT2D eigenvalue weighted by Crippen LogP contribution is -2.50. The van der Waals surface area contributed by atoms with E-state index < -0.39 is 10.0 Å². The van der Waals surface area contributed by atoms with Crippen LogP contribution in [0.4, 0.5) is 0 Å². The number of hydrogen-bond donors (Lipinski definition) is 0. The SMILES string of the molecule is O=C1[C@@H]2[C@H](C(=O)N1CCN1CCN(S(=O)(=O)c3ccc(Br)cc3)CC1)[C@@H]1C=C[C@H]2C1. The minimum absolute atomic E-state index is 0.0155. The number of carbonyl (C=O) groups is 2. The number of likely N-dealkylation sites (tertiary alicyclic amines) is 1. The van der Waals surface area contributed by atoms with Gasteiger partial charge in [-0.3, -0.25) is 19.4 Å². The lowest BCUT2D eigenvalue weighted by molar-refractivity contribution is -0.140. The summed E-state index contributed by atoms with van der Waals surface area (Å²) in [6.45, 7) is 2.96. The minimum atomic E-state index is -3.51. The predicted molar refractivity (Wildman–Crippen MR) is 114 cm³/mol. The van der Waals surface area contributed by atoms with Crippen molar-refractivity contribution in [2.45, 2.75) is 11.3 Å². The maximum atomic E-state index is 12.8. The number of fused-ring (bicyclic) bond motifs is 5. The third-order valence-electron chi connectivity index (χ3n) is 6.98. The van der Waals surface area contributed by atoms with E-state index in [4.69, 9.17) is 0 Å². The molecule has 9 heteroatoms. The first-order valence-electron chi connectivity index (χ1n) is 10.4. The molecule has 30 heavy (non-hydrogen) atoms. The van der Waals surface area contributed by atoms with Crippen molar-refractivity contribution in [2.24, 2.45) is 23.7 Å². The summed E-state index contributed by atoms with van der Waals surface area (Å²) in [6, 6.07) is 6.67. The van der Waals surface area contributed by atoms with Crippen molar-refractivity contribution in [1.29, 1.82) is 0 Å². The summed E-state index contributed by atoms with van der Waals surface area (Å²) < 4.78 is 28.0. The summed E-state index contributed by atoms with van der Waals surface area (Å²) in [5.41, 5.74) is 0. The van der Waals surface area contributed by atoms with Crippen LogP contribution in [0.5, 0.6) is 0 Å². The predicted octanol–water partition coefficient (Wildman–Crippen LogP) is 1.56. The van der Waals surface area contributed by atoms with E-state index in [1.807, 2.05) is 0 Å². The number of imide groups is 1. The molecule has 0 aromatic heterocycles. The van der Waals surface area contributed by atoms with E-state index in [0.717, 1.165) is 10.9 Å². The van der Waals surface area contributed by atoms with Crippen molar-refractivity contribution < 1.29 is 18.0 Å². The lowest BCUT2D eigenvalue weighted by atomic mass is 9.85. The van der Waals surface area contributed by atoms with Crippen molar-refractivity contribution in [2.75, 3.05) is 39.3 Å². The smallest absolute Gasteiger partial charge is 0.243 e. The molecule has 4 aliphatic rings. The molecule has 2 bridgehead atoms. The van der Waals surface area contributed by atoms with Gasteiger partial charge in [-0.2, -0.15) is 4.31 Å². The van der Waals surface area contributed by atoms with Gasteiger partial charge in [-0.15, -0.1) is 0 Å². The van der Waals surface area contributed by atoms with Crippen LogP contribution in [0.1, 0.15) is 6.42 Å². The molecule has 2 amide bonds. The van der Waals surface area contributed by atoms with Crippen LogP contribution >= 0.6 is 15.9 Å². The van der Waals surface area contributed by atoms with Crippen LogP contribution < -0.4 is 0 Å². The Balaban J connectivity index is 1.16. The van der Waals surface area contributed by atoms with Gasteiger partial charge in [-0.25, -0.2) is 8.42 Å². The third-order valence-corrected chi connectivity index (χ3v) is 9.43.